The molecule has 2 rings (SSSR count). The van der Waals surface area contributed by atoms with Crippen LogP contribution in [0.5, 0.6) is 0 Å². The lowest BCUT2D eigenvalue weighted by atomic mass is 9.68. The van der Waals surface area contributed by atoms with Gasteiger partial charge >= 0.3 is 0 Å². The van der Waals surface area contributed by atoms with Crippen LogP contribution in [0.4, 0.5) is 4.39 Å². The molecule has 0 aromatic carbocycles. The van der Waals surface area contributed by atoms with Crippen molar-refractivity contribution in [3.63, 3.8) is 0 Å². The lowest BCUT2D eigenvalue weighted by Gasteiger charge is -2.37. The molecule has 2 aliphatic carbocycles. The zero-order valence-corrected chi connectivity index (χ0v) is 14.3. The van der Waals surface area contributed by atoms with Crippen molar-refractivity contribution < 1.29 is 4.39 Å². The van der Waals surface area contributed by atoms with Crippen LogP contribution in [-0.4, -0.2) is 6.67 Å². The monoisotopic (exact) mass is 306 g/mol. The van der Waals surface area contributed by atoms with E-state index in [9.17, 15) is 4.39 Å². The average molecular weight is 307 g/mol. The first-order chi connectivity index (χ1) is 10.8. The van der Waals surface area contributed by atoms with Crippen LogP contribution in [-0.2, 0) is 0 Å². The quantitative estimate of drug-likeness (QED) is 0.339. The summed E-state index contributed by atoms with van der Waals surface area (Å²) < 4.78 is 12.1. The molecule has 2 saturated carbocycles. The van der Waals surface area contributed by atoms with E-state index in [0.29, 0.717) is 6.42 Å². The molecule has 1 heteroatoms. The standard InChI is InChI=1S/C21H35F/c1-2-3-7-18-9-13-20(14-10-18)21-15-11-19(12-16-21)8-5-4-6-17-22/h2,5,8,18-21H,1,3-4,6-7,9-17H2. The molecular formula is C21H35F. The first kappa shape index (κ1) is 17.8. The topological polar surface area (TPSA) is 0 Å². The minimum absolute atomic E-state index is 0.174. The van der Waals surface area contributed by atoms with Gasteiger partial charge in [-0.25, -0.2) is 0 Å². The molecule has 0 aromatic heterocycles. The average Bonchev–Trinajstić information content (AvgIpc) is 2.58. The van der Waals surface area contributed by atoms with E-state index >= 15 is 0 Å². The molecule has 0 unspecified atom stereocenters. The summed E-state index contributed by atoms with van der Waals surface area (Å²) in [5.74, 6) is 3.76. The van der Waals surface area contributed by atoms with E-state index in [0.717, 1.165) is 30.1 Å². The second kappa shape index (κ2) is 10.2. The van der Waals surface area contributed by atoms with E-state index in [4.69, 9.17) is 0 Å². The Bertz CT molecular complexity index is 317. The first-order valence-corrected chi connectivity index (χ1v) is 9.67. The van der Waals surface area contributed by atoms with Gasteiger partial charge in [-0.05, 0) is 87.9 Å². The zero-order valence-electron chi connectivity index (χ0n) is 14.3. The number of hydrogen-bond acceptors (Lipinski definition) is 0. The van der Waals surface area contributed by atoms with Gasteiger partial charge in [0.25, 0.3) is 0 Å². The molecule has 0 saturated heterocycles. The van der Waals surface area contributed by atoms with E-state index in [1.54, 1.807) is 0 Å². The summed E-state index contributed by atoms with van der Waals surface area (Å²) >= 11 is 0. The van der Waals surface area contributed by atoms with Gasteiger partial charge in [-0.2, -0.15) is 0 Å². The van der Waals surface area contributed by atoms with E-state index in [1.165, 1.54) is 64.2 Å². The van der Waals surface area contributed by atoms with Crippen molar-refractivity contribution in [1.82, 2.24) is 0 Å². The molecule has 0 radical (unpaired) electrons. The number of rotatable bonds is 8. The summed E-state index contributed by atoms with van der Waals surface area (Å²) in [5.41, 5.74) is 0. The van der Waals surface area contributed by atoms with Crippen LogP contribution in [0.3, 0.4) is 0 Å². The van der Waals surface area contributed by atoms with Crippen molar-refractivity contribution >= 4 is 0 Å². The van der Waals surface area contributed by atoms with Gasteiger partial charge in [-0.3, -0.25) is 4.39 Å². The van der Waals surface area contributed by atoms with Crippen LogP contribution >= 0.6 is 0 Å². The summed E-state index contributed by atoms with van der Waals surface area (Å²) in [6.07, 6.45) is 22.3. The minimum Gasteiger partial charge on any atom is -0.251 e. The van der Waals surface area contributed by atoms with Crippen molar-refractivity contribution in [2.75, 3.05) is 6.67 Å². The lowest BCUT2D eigenvalue weighted by molar-refractivity contribution is 0.153. The van der Waals surface area contributed by atoms with Crippen LogP contribution in [0, 0.1) is 23.7 Å². The third kappa shape index (κ3) is 5.89. The highest BCUT2D eigenvalue weighted by molar-refractivity contribution is 4.92. The van der Waals surface area contributed by atoms with E-state index < -0.39 is 0 Å². The molecule has 0 nitrogen and oxygen atoms in total. The summed E-state index contributed by atoms with van der Waals surface area (Å²) in [6, 6.07) is 0. The molecular weight excluding hydrogens is 271 g/mol. The highest BCUT2D eigenvalue weighted by Crippen LogP contribution is 2.42. The second-order valence-electron chi connectivity index (χ2n) is 7.58. The Morgan fingerprint density at radius 1 is 0.864 bits per heavy atom. The largest absolute Gasteiger partial charge is 0.251 e. The highest BCUT2D eigenvalue weighted by atomic mass is 19.1. The van der Waals surface area contributed by atoms with Crippen LogP contribution in [0.1, 0.15) is 77.0 Å². The summed E-state index contributed by atoms with van der Waals surface area (Å²) in [5, 5.41) is 0. The summed E-state index contributed by atoms with van der Waals surface area (Å²) in [7, 11) is 0. The van der Waals surface area contributed by atoms with Crippen LogP contribution in [0.2, 0.25) is 0 Å². The van der Waals surface area contributed by atoms with Gasteiger partial charge in [0.05, 0.1) is 6.67 Å². The molecule has 0 atom stereocenters. The number of alkyl halides is 1. The third-order valence-electron chi connectivity index (χ3n) is 6.07. The first-order valence-electron chi connectivity index (χ1n) is 9.67. The fraction of sp³-hybridized carbons (Fsp3) is 0.810. The molecule has 0 aromatic rings. The fourth-order valence-corrected chi connectivity index (χ4v) is 4.59. The molecule has 2 aliphatic rings. The van der Waals surface area contributed by atoms with Crippen LogP contribution < -0.4 is 0 Å². The maximum Gasteiger partial charge on any atom is 0.0897 e. The van der Waals surface area contributed by atoms with Gasteiger partial charge in [0.15, 0.2) is 0 Å². The second-order valence-corrected chi connectivity index (χ2v) is 7.58. The molecule has 0 bridgehead atoms. The van der Waals surface area contributed by atoms with Crippen molar-refractivity contribution in [3.8, 4) is 0 Å². The van der Waals surface area contributed by atoms with E-state index in [2.05, 4.69) is 24.8 Å². The smallest absolute Gasteiger partial charge is 0.0897 e. The number of hydrogen-bond donors (Lipinski definition) is 0. The van der Waals surface area contributed by atoms with E-state index in [1.807, 2.05) is 0 Å². The Kier molecular flexibility index (Phi) is 8.26. The number of halogens is 1. The SMILES string of the molecule is C=CCCC1CCC(C2CCC(C=CCCCF)CC2)CC1. The van der Waals surface area contributed by atoms with Crippen LogP contribution in [0.15, 0.2) is 24.8 Å². The van der Waals surface area contributed by atoms with Gasteiger partial charge in [0, 0.05) is 0 Å². The molecule has 0 amide bonds. The number of allylic oxidation sites excluding steroid dienone is 3. The molecule has 22 heavy (non-hydrogen) atoms. The normalized spacial score (nSPS) is 33.1. The predicted octanol–water partition coefficient (Wildman–Crippen LogP) is 6.87. The molecule has 126 valence electrons. The Morgan fingerprint density at radius 2 is 1.50 bits per heavy atom. The molecule has 0 aliphatic heterocycles. The van der Waals surface area contributed by atoms with Gasteiger partial charge in [-0.15, -0.1) is 6.58 Å². The number of unbranched alkanes of at least 4 members (excludes halogenated alkanes) is 1. The Balaban J connectivity index is 1.63. The molecule has 0 spiro atoms. The van der Waals surface area contributed by atoms with Crippen molar-refractivity contribution in [3.05, 3.63) is 24.8 Å². The maximum atomic E-state index is 12.1. The van der Waals surface area contributed by atoms with Crippen molar-refractivity contribution in [2.24, 2.45) is 23.7 Å². The van der Waals surface area contributed by atoms with Gasteiger partial charge < -0.3 is 0 Å². The summed E-state index contributed by atoms with van der Waals surface area (Å²) in [6.45, 7) is 3.67. The van der Waals surface area contributed by atoms with Crippen molar-refractivity contribution in [2.45, 2.75) is 77.0 Å². The fourth-order valence-electron chi connectivity index (χ4n) is 4.59. The van der Waals surface area contributed by atoms with Gasteiger partial charge in [-0.1, -0.05) is 31.1 Å². The zero-order chi connectivity index (χ0) is 15.6. The highest BCUT2D eigenvalue weighted by Gasteiger charge is 2.29. The Hall–Kier alpha value is -0.590. The molecule has 2 fully saturated rings. The summed E-state index contributed by atoms with van der Waals surface area (Å²) in [4.78, 5) is 0. The van der Waals surface area contributed by atoms with Crippen molar-refractivity contribution in [1.29, 1.82) is 0 Å². The van der Waals surface area contributed by atoms with E-state index in [-0.39, 0.29) is 6.67 Å². The maximum absolute atomic E-state index is 12.1. The molecule has 0 heterocycles. The Labute approximate surface area is 137 Å². The molecule has 0 N–H and O–H groups in total. The third-order valence-corrected chi connectivity index (χ3v) is 6.07. The Morgan fingerprint density at radius 3 is 2.09 bits per heavy atom. The minimum atomic E-state index is -0.174. The lowest BCUT2D eigenvalue weighted by Crippen LogP contribution is -2.25. The predicted molar refractivity (Wildman–Crippen MR) is 94.7 cm³/mol. The van der Waals surface area contributed by atoms with Gasteiger partial charge in [0.2, 0.25) is 0 Å². The van der Waals surface area contributed by atoms with Crippen LogP contribution in [0.25, 0.3) is 0 Å². The van der Waals surface area contributed by atoms with Gasteiger partial charge in [0.1, 0.15) is 0 Å².